The van der Waals surface area contributed by atoms with Gasteiger partial charge in [0.2, 0.25) is 10.0 Å². The Balaban J connectivity index is 2.74. The maximum Gasteiger partial charge on any atom is 0.241 e. The van der Waals surface area contributed by atoms with Crippen LogP contribution in [-0.4, -0.2) is 34.2 Å². The van der Waals surface area contributed by atoms with E-state index < -0.39 is 10.0 Å². The molecular weight excluding hydrogens is 296 g/mol. The van der Waals surface area contributed by atoms with Crippen LogP contribution in [0.5, 0.6) is 0 Å². The van der Waals surface area contributed by atoms with Gasteiger partial charge in [0.15, 0.2) is 0 Å². The zero-order valence-electron chi connectivity index (χ0n) is 12.5. The van der Waals surface area contributed by atoms with Gasteiger partial charge in [0.1, 0.15) is 0 Å². The van der Waals surface area contributed by atoms with Crippen LogP contribution < -0.4 is 10.0 Å². The summed E-state index contributed by atoms with van der Waals surface area (Å²) in [5.74, 6) is 0. The predicted molar refractivity (Wildman–Crippen MR) is 82.6 cm³/mol. The van der Waals surface area contributed by atoms with Gasteiger partial charge in [-0.1, -0.05) is 13.8 Å². The first-order chi connectivity index (χ1) is 9.36. The first-order valence-electron chi connectivity index (χ1n) is 6.68. The van der Waals surface area contributed by atoms with Crippen molar-refractivity contribution < 1.29 is 13.2 Å². The Morgan fingerprint density at radius 3 is 2.65 bits per heavy atom. The quantitative estimate of drug-likeness (QED) is 0.730. The number of ether oxygens (including phenoxy) is 1. The molecule has 0 fully saturated rings. The van der Waals surface area contributed by atoms with E-state index in [0.29, 0.717) is 30.5 Å². The van der Waals surface area contributed by atoms with Crippen molar-refractivity contribution in [3.05, 3.63) is 16.3 Å². The highest BCUT2D eigenvalue weighted by Gasteiger charge is 2.21. The normalized spacial score (nSPS) is 13.8. The van der Waals surface area contributed by atoms with Gasteiger partial charge in [0.05, 0.1) is 4.90 Å². The minimum Gasteiger partial charge on any atom is -0.385 e. The molecule has 2 N–H and O–H groups in total. The SMILES string of the molecule is COCCC(C)NS(=O)(=O)c1ccsc1CNC(C)C. The van der Waals surface area contributed by atoms with E-state index in [9.17, 15) is 8.42 Å². The van der Waals surface area contributed by atoms with Gasteiger partial charge < -0.3 is 10.1 Å². The smallest absolute Gasteiger partial charge is 0.241 e. The van der Waals surface area contributed by atoms with Gasteiger partial charge >= 0.3 is 0 Å². The van der Waals surface area contributed by atoms with Crippen LogP contribution in [0.3, 0.4) is 0 Å². The van der Waals surface area contributed by atoms with E-state index in [2.05, 4.69) is 10.0 Å². The summed E-state index contributed by atoms with van der Waals surface area (Å²) < 4.78 is 32.4. The van der Waals surface area contributed by atoms with Crippen molar-refractivity contribution in [2.24, 2.45) is 0 Å². The average molecular weight is 320 g/mol. The lowest BCUT2D eigenvalue weighted by Crippen LogP contribution is -2.34. The van der Waals surface area contributed by atoms with Crippen molar-refractivity contribution in [2.45, 2.75) is 50.7 Å². The van der Waals surface area contributed by atoms with E-state index in [1.54, 1.807) is 13.2 Å². The van der Waals surface area contributed by atoms with Crippen LogP contribution in [0.2, 0.25) is 0 Å². The number of hydrogen-bond donors (Lipinski definition) is 2. The van der Waals surface area contributed by atoms with Crippen molar-refractivity contribution in [1.29, 1.82) is 0 Å². The molecule has 0 aliphatic heterocycles. The second kappa shape index (κ2) is 8.09. The molecule has 1 heterocycles. The summed E-state index contributed by atoms with van der Waals surface area (Å²) in [7, 11) is -1.85. The van der Waals surface area contributed by atoms with E-state index in [-0.39, 0.29) is 6.04 Å². The molecule has 116 valence electrons. The minimum absolute atomic E-state index is 0.147. The standard InChI is InChI=1S/C13H24N2O3S2/c1-10(2)14-9-12-13(6-8-19-12)20(16,17)15-11(3)5-7-18-4/h6,8,10-11,14-15H,5,7,9H2,1-4H3. The second-order valence-corrected chi connectivity index (χ2v) is 7.73. The molecule has 5 nitrogen and oxygen atoms in total. The van der Waals surface area contributed by atoms with E-state index in [4.69, 9.17) is 4.74 Å². The summed E-state index contributed by atoms with van der Waals surface area (Å²) in [6.45, 7) is 7.02. The molecule has 1 atom stereocenters. The highest BCUT2D eigenvalue weighted by Crippen LogP contribution is 2.22. The average Bonchev–Trinajstić information content (AvgIpc) is 2.82. The van der Waals surface area contributed by atoms with Gasteiger partial charge in [0, 0.05) is 37.2 Å². The zero-order chi connectivity index (χ0) is 15.2. The summed E-state index contributed by atoms with van der Waals surface area (Å²) in [6.07, 6.45) is 0.652. The highest BCUT2D eigenvalue weighted by atomic mass is 32.2. The molecule has 20 heavy (non-hydrogen) atoms. The van der Waals surface area contributed by atoms with Crippen LogP contribution in [-0.2, 0) is 21.3 Å². The molecule has 0 saturated carbocycles. The predicted octanol–water partition coefficient (Wildman–Crippen LogP) is 1.95. The maximum absolute atomic E-state index is 12.4. The van der Waals surface area contributed by atoms with Crippen LogP contribution in [0.15, 0.2) is 16.3 Å². The van der Waals surface area contributed by atoms with E-state index in [1.165, 1.54) is 11.3 Å². The molecule has 0 aliphatic rings. The third kappa shape index (κ3) is 5.49. The van der Waals surface area contributed by atoms with Crippen molar-refractivity contribution in [3.63, 3.8) is 0 Å². The van der Waals surface area contributed by atoms with Crippen molar-refractivity contribution in [3.8, 4) is 0 Å². The molecule has 1 aromatic rings. The summed E-state index contributed by atoms with van der Waals surface area (Å²) >= 11 is 1.46. The third-order valence-electron chi connectivity index (χ3n) is 2.78. The summed E-state index contributed by atoms with van der Waals surface area (Å²) in [5, 5.41) is 5.06. The molecule has 0 amide bonds. The minimum atomic E-state index is -3.46. The topological polar surface area (TPSA) is 67.4 Å². The van der Waals surface area contributed by atoms with Gasteiger partial charge in [-0.25, -0.2) is 13.1 Å². The van der Waals surface area contributed by atoms with Crippen LogP contribution in [0.25, 0.3) is 0 Å². The first-order valence-corrected chi connectivity index (χ1v) is 9.04. The molecule has 0 aromatic carbocycles. The van der Waals surface area contributed by atoms with Gasteiger partial charge in [-0.05, 0) is 24.8 Å². The van der Waals surface area contributed by atoms with Crippen LogP contribution >= 0.6 is 11.3 Å². The molecule has 0 saturated heterocycles. The lowest BCUT2D eigenvalue weighted by Gasteiger charge is -2.14. The number of rotatable bonds is 9. The van der Waals surface area contributed by atoms with Gasteiger partial charge in [-0.2, -0.15) is 0 Å². The Kier molecular flexibility index (Phi) is 7.11. The number of thiophene rings is 1. The molecule has 0 radical (unpaired) electrons. The van der Waals surface area contributed by atoms with Crippen LogP contribution in [0.4, 0.5) is 0 Å². The Hall–Kier alpha value is -0.470. The molecule has 0 bridgehead atoms. The molecule has 1 aromatic heterocycles. The maximum atomic E-state index is 12.4. The molecule has 1 unspecified atom stereocenters. The van der Waals surface area contributed by atoms with Crippen molar-refractivity contribution >= 4 is 21.4 Å². The van der Waals surface area contributed by atoms with E-state index in [1.807, 2.05) is 26.2 Å². The summed E-state index contributed by atoms with van der Waals surface area (Å²) in [4.78, 5) is 1.21. The molecule has 1 rings (SSSR count). The summed E-state index contributed by atoms with van der Waals surface area (Å²) in [6, 6.07) is 1.83. The fourth-order valence-electron chi connectivity index (χ4n) is 1.68. The fourth-order valence-corrected chi connectivity index (χ4v) is 4.35. The fraction of sp³-hybridized carbons (Fsp3) is 0.692. The Morgan fingerprint density at radius 2 is 2.05 bits per heavy atom. The zero-order valence-corrected chi connectivity index (χ0v) is 14.1. The monoisotopic (exact) mass is 320 g/mol. The number of sulfonamides is 1. The van der Waals surface area contributed by atoms with Gasteiger partial charge in [-0.3, -0.25) is 0 Å². The van der Waals surface area contributed by atoms with Gasteiger partial charge in [-0.15, -0.1) is 11.3 Å². The number of nitrogens with one attached hydrogen (secondary N) is 2. The Labute approximate surface area is 125 Å². The van der Waals surface area contributed by atoms with Crippen LogP contribution in [0.1, 0.15) is 32.1 Å². The third-order valence-corrected chi connectivity index (χ3v) is 5.50. The molecule has 7 heteroatoms. The van der Waals surface area contributed by atoms with E-state index >= 15 is 0 Å². The lowest BCUT2D eigenvalue weighted by molar-refractivity contribution is 0.188. The first kappa shape index (κ1) is 17.6. The van der Waals surface area contributed by atoms with Crippen LogP contribution in [0, 0.1) is 0 Å². The van der Waals surface area contributed by atoms with Crippen molar-refractivity contribution in [2.75, 3.05) is 13.7 Å². The molecular formula is C13H24N2O3S2. The highest BCUT2D eigenvalue weighted by molar-refractivity contribution is 7.89. The second-order valence-electron chi connectivity index (χ2n) is 5.05. The largest absolute Gasteiger partial charge is 0.385 e. The molecule has 0 spiro atoms. The van der Waals surface area contributed by atoms with Crippen molar-refractivity contribution in [1.82, 2.24) is 10.0 Å². The molecule has 0 aliphatic carbocycles. The Morgan fingerprint density at radius 1 is 1.35 bits per heavy atom. The lowest BCUT2D eigenvalue weighted by atomic mass is 10.3. The van der Waals surface area contributed by atoms with Gasteiger partial charge in [0.25, 0.3) is 0 Å². The van der Waals surface area contributed by atoms with E-state index in [0.717, 1.165) is 4.88 Å². The summed E-state index contributed by atoms with van der Waals surface area (Å²) in [5.41, 5.74) is 0. The number of methoxy groups -OCH3 is 1. The Bertz CT molecular complexity index is 497. The number of hydrogen-bond acceptors (Lipinski definition) is 5.